The SMILES string of the molecule is S=c1nccc(-n2cccn2)[nH]1. The van der Waals surface area contributed by atoms with Crippen LogP contribution in [0.2, 0.25) is 0 Å². The van der Waals surface area contributed by atoms with Crippen molar-refractivity contribution < 1.29 is 0 Å². The second-order valence-electron chi connectivity index (χ2n) is 2.21. The van der Waals surface area contributed by atoms with Crippen LogP contribution in [0.5, 0.6) is 0 Å². The van der Waals surface area contributed by atoms with Crippen LogP contribution in [0.4, 0.5) is 0 Å². The number of hydrogen-bond acceptors (Lipinski definition) is 3. The zero-order chi connectivity index (χ0) is 8.39. The van der Waals surface area contributed by atoms with Gasteiger partial charge < -0.3 is 4.98 Å². The van der Waals surface area contributed by atoms with Crippen LogP contribution in [-0.4, -0.2) is 19.7 Å². The van der Waals surface area contributed by atoms with Crippen LogP contribution in [-0.2, 0) is 0 Å². The number of aromatic amines is 1. The van der Waals surface area contributed by atoms with Crippen molar-refractivity contribution in [1.82, 2.24) is 19.7 Å². The number of H-pyrrole nitrogens is 1. The molecule has 5 heteroatoms. The Balaban J connectivity index is 2.55. The van der Waals surface area contributed by atoms with E-state index in [4.69, 9.17) is 12.2 Å². The standard InChI is InChI=1S/C7H6N4S/c12-7-8-4-2-6(10-7)11-5-1-3-9-11/h1-5H,(H,8,10,12). The van der Waals surface area contributed by atoms with Crippen molar-refractivity contribution in [3.8, 4) is 5.82 Å². The summed E-state index contributed by atoms with van der Waals surface area (Å²) < 4.78 is 2.15. The predicted molar refractivity (Wildman–Crippen MR) is 46.5 cm³/mol. The largest absolute Gasteiger partial charge is 0.315 e. The maximum absolute atomic E-state index is 4.87. The first-order valence-corrected chi connectivity index (χ1v) is 3.82. The molecule has 0 saturated carbocycles. The Bertz CT molecular complexity index is 417. The first kappa shape index (κ1) is 7.17. The normalized spacial score (nSPS) is 10.0. The average Bonchev–Trinajstić information content (AvgIpc) is 2.56. The van der Waals surface area contributed by atoms with Gasteiger partial charge in [-0.2, -0.15) is 5.10 Å². The predicted octanol–water partition coefficient (Wildman–Crippen LogP) is 1.32. The molecule has 2 aromatic heterocycles. The van der Waals surface area contributed by atoms with E-state index >= 15 is 0 Å². The second kappa shape index (κ2) is 2.86. The minimum Gasteiger partial charge on any atom is -0.315 e. The minimum atomic E-state index is 0.461. The van der Waals surface area contributed by atoms with Crippen LogP contribution in [0.1, 0.15) is 0 Å². The van der Waals surface area contributed by atoms with Gasteiger partial charge in [0.25, 0.3) is 0 Å². The van der Waals surface area contributed by atoms with Gasteiger partial charge >= 0.3 is 0 Å². The lowest BCUT2D eigenvalue weighted by molar-refractivity contribution is 0.836. The molecule has 2 aromatic rings. The van der Waals surface area contributed by atoms with Crippen LogP contribution in [0.15, 0.2) is 30.7 Å². The second-order valence-corrected chi connectivity index (χ2v) is 2.60. The lowest BCUT2D eigenvalue weighted by Crippen LogP contribution is -1.97. The van der Waals surface area contributed by atoms with Gasteiger partial charge in [0.2, 0.25) is 0 Å². The van der Waals surface area contributed by atoms with E-state index in [0.29, 0.717) is 4.77 Å². The molecule has 0 aliphatic rings. The number of nitrogens with one attached hydrogen (secondary N) is 1. The molecule has 0 spiro atoms. The zero-order valence-electron chi connectivity index (χ0n) is 6.14. The molecule has 0 fully saturated rings. The molecule has 12 heavy (non-hydrogen) atoms. The molecular weight excluding hydrogens is 172 g/mol. The first-order chi connectivity index (χ1) is 5.86. The highest BCUT2D eigenvalue weighted by Gasteiger charge is 1.93. The summed E-state index contributed by atoms with van der Waals surface area (Å²) in [7, 11) is 0. The van der Waals surface area contributed by atoms with E-state index < -0.39 is 0 Å². The van der Waals surface area contributed by atoms with Gasteiger partial charge in [0.1, 0.15) is 5.82 Å². The summed E-state index contributed by atoms with van der Waals surface area (Å²) in [6, 6.07) is 3.65. The molecule has 0 saturated heterocycles. The fourth-order valence-corrected chi connectivity index (χ4v) is 1.07. The van der Waals surface area contributed by atoms with Gasteiger partial charge in [0.15, 0.2) is 4.77 Å². The molecule has 1 N–H and O–H groups in total. The number of rotatable bonds is 1. The van der Waals surface area contributed by atoms with Crippen LogP contribution in [0.3, 0.4) is 0 Å². The Kier molecular flexibility index (Phi) is 1.71. The van der Waals surface area contributed by atoms with Gasteiger partial charge in [-0.15, -0.1) is 0 Å². The Morgan fingerprint density at radius 1 is 1.42 bits per heavy atom. The molecule has 0 aliphatic heterocycles. The van der Waals surface area contributed by atoms with E-state index in [-0.39, 0.29) is 0 Å². The van der Waals surface area contributed by atoms with E-state index in [1.54, 1.807) is 17.1 Å². The lowest BCUT2D eigenvalue weighted by Gasteiger charge is -1.98. The van der Waals surface area contributed by atoms with E-state index in [1.807, 2.05) is 18.3 Å². The van der Waals surface area contributed by atoms with E-state index in [1.165, 1.54) is 0 Å². The number of aromatic nitrogens is 4. The summed E-state index contributed by atoms with van der Waals surface area (Å²) in [4.78, 5) is 6.78. The van der Waals surface area contributed by atoms with Crippen molar-refractivity contribution in [2.24, 2.45) is 0 Å². The van der Waals surface area contributed by atoms with Crippen molar-refractivity contribution in [3.63, 3.8) is 0 Å². The van der Waals surface area contributed by atoms with E-state index in [2.05, 4.69) is 15.1 Å². The molecule has 0 amide bonds. The van der Waals surface area contributed by atoms with E-state index in [9.17, 15) is 0 Å². The van der Waals surface area contributed by atoms with Gasteiger partial charge in [-0.1, -0.05) is 0 Å². The fraction of sp³-hybridized carbons (Fsp3) is 0. The highest BCUT2D eigenvalue weighted by molar-refractivity contribution is 7.71. The smallest absolute Gasteiger partial charge is 0.198 e. The summed E-state index contributed by atoms with van der Waals surface area (Å²) in [5.74, 6) is 0.819. The Hall–Kier alpha value is -1.49. The molecule has 0 aromatic carbocycles. The first-order valence-electron chi connectivity index (χ1n) is 3.41. The molecule has 0 atom stereocenters. The third-order valence-corrected chi connectivity index (χ3v) is 1.62. The quantitative estimate of drug-likeness (QED) is 0.670. The van der Waals surface area contributed by atoms with Gasteiger partial charge in [-0.3, -0.25) is 0 Å². The summed E-state index contributed by atoms with van der Waals surface area (Å²) in [5, 5.41) is 4.04. The Labute approximate surface area is 73.9 Å². The molecule has 0 bridgehead atoms. The molecule has 0 unspecified atom stereocenters. The Morgan fingerprint density at radius 3 is 3.00 bits per heavy atom. The number of hydrogen-bond donors (Lipinski definition) is 1. The highest BCUT2D eigenvalue weighted by Crippen LogP contribution is 1.98. The van der Waals surface area contributed by atoms with E-state index in [0.717, 1.165) is 5.82 Å². The monoisotopic (exact) mass is 178 g/mol. The lowest BCUT2D eigenvalue weighted by atomic mass is 10.6. The molecule has 2 heterocycles. The maximum atomic E-state index is 4.87. The molecule has 0 radical (unpaired) electrons. The fourth-order valence-electron chi connectivity index (χ4n) is 0.904. The van der Waals surface area contributed by atoms with Crippen LogP contribution < -0.4 is 0 Å². The van der Waals surface area contributed by atoms with Gasteiger partial charge in [-0.25, -0.2) is 9.67 Å². The van der Waals surface area contributed by atoms with Crippen LogP contribution in [0, 0.1) is 4.77 Å². The van der Waals surface area contributed by atoms with Crippen molar-refractivity contribution in [1.29, 1.82) is 0 Å². The maximum Gasteiger partial charge on any atom is 0.198 e. The van der Waals surface area contributed by atoms with Crippen molar-refractivity contribution in [2.45, 2.75) is 0 Å². The third-order valence-electron chi connectivity index (χ3n) is 1.41. The zero-order valence-corrected chi connectivity index (χ0v) is 6.95. The summed E-state index contributed by atoms with van der Waals surface area (Å²) >= 11 is 4.87. The average molecular weight is 178 g/mol. The highest BCUT2D eigenvalue weighted by atomic mass is 32.1. The molecule has 60 valence electrons. The van der Waals surface area contributed by atoms with Crippen LogP contribution >= 0.6 is 12.2 Å². The molecular formula is C7H6N4S. The molecule has 0 aliphatic carbocycles. The summed E-state index contributed by atoms with van der Waals surface area (Å²) in [6.07, 6.45) is 5.19. The van der Waals surface area contributed by atoms with Crippen molar-refractivity contribution in [2.75, 3.05) is 0 Å². The number of nitrogens with zero attached hydrogens (tertiary/aromatic N) is 3. The molecule has 2 rings (SSSR count). The van der Waals surface area contributed by atoms with Crippen molar-refractivity contribution >= 4 is 12.2 Å². The van der Waals surface area contributed by atoms with Crippen LogP contribution in [0.25, 0.3) is 5.82 Å². The Morgan fingerprint density at radius 2 is 2.33 bits per heavy atom. The third kappa shape index (κ3) is 1.26. The summed E-state index contributed by atoms with van der Waals surface area (Å²) in [5.41, 5.74) is 0. The van der Waals surface area contributed by atoms with Gasteiger partial charge in [-0.05, 0) is 24.4 Å². The topological polar surface area (TPSA) is 46.5 Å². The van der Waals surface area contributed by atoms with Crippen molar-refractivity contribution in [3.05, 3.63) is 35.5 Å². The van der Waals surface area contributed by atoms with Gasteiger partial charge in [0.05, 0.1) is 0 Å². The molecule has 4 nitrogen and oxygen atoms in total. The van der Waals surface area contributed by atoms with Gasteiger partial charge in [0, 0.05) is 18.6 Å². The minimum absolute atomic E-state index is 0.461. The summed E-state index contributed by atoms with van der Waals surface area (Å²) in [6.45, 7) is 0.